The first-order valence-corrected chi connectivity index (χ1v) is 10.4. The Morgan fingerprint density at radius 3 is 2.04 bits per heavy atom. The van der Waals surface area contributed by atoms with Crippen molar-refractivity contribution in [2.24, 2.45) is 0 Å². The summed E-state index contributed by atoms with van der Waals surface area (Å²) in [5.74, 6) is -2.10. The lowest BCUT2D eigenvalue weighted by molar-refractivity contribution is 0.0696. The molecule has 1 aliphatic heterocycles. The van der Waals surface area contributed by atoms with Gasteiger partial charge in [-0.3, -0.25) is 4.79 Å². The van der Waals surface area contributed by atoms with Gasteiger partial charge in [-0.05, 0) is 44.0 Å². The average Bonchev–Trinajstić information content (AvgIpc) is 2.60. The highest BCUT2D eigenvalue weighted by Gasteiger charge is 2.32. The number of sulfonamides is 1. The van der Waals surface area contributed by atoms with E-state index >= 15 is 0 Å². The van der Waals surface area contributed by atoms with Crippen molar-refractivity contribution in [1.82, 2.24) is 9.21 Å². The summed E-state index contributed by atoms with van der Waals surface area (Å²) in [4.78, 5) is 14.0. The van der Waals surface area contributed by atoms with Crippen LogP contribution in [-0.2, 0) is 10.0 Å². The van der Waals surface area contributed by atoms with Crippen LogP contribution in [0.2, 0.25) is 0 Å². The zero-order valence-electron chi connectivity index (χ0n) is 16.0. The molecule has 28 heavy (non-hydrogen) atoms. The molecule has 0 spiro atoms. The van der Waals surface area contributed by atoms with Crippen LogP contribution in [0.1, 0.15) is 27.0 Å². The Morgan fingerprint density at radius 2 is 1.50 bits per heavy atom. The quantitative estimate of drug-likeness (QED) is 0.785. The number of hydrogen-bond donors (Lipinski definition) is 0. The third-order valence-electron chi connectivity index (χ3n) is 4.93. The second-order valence-electron chi connectivity index (χ2n) is 7.04. The van der Waals surface area contributed by atoms with Crippen molar-refractivity contribution in [3.05, 3.63) is 64.2 Å². The van der Waals surface area contributed by atoms with Gasteiger partial charge >= 0.3 is 0 Å². The van der Waals surface area contributed by atoms with Crippen molar-refractivity contribution in [1.29, 1.82) is 0 Å². The molecule has 150 valence electrons. The number of rotatable bonds is 3. The fourth-order valence-corrected chi connectivity index (χ4v) is 5.10. The van der Waals surface area contributed by atoms with Gasteiger partial charge in [0.1, 0.15) is 16.5 Å². The van der Waals surface area contributed by atoms with Crippen molar-refractivity contribution in [3.8, 4) is 0 Å². The standard InChI is InChI=1S/C20H22F2N2O3S/c1-13-10-14(2)19(15(3)11-13)20(25)23-6-8-24(9-7-23)28(26,27)18-5-4-16(21)12-17(18)22/h4-5,10-12H,6-9H2,1-3H3. The lowest BCUT2D eigenvalue weighted by Gasteiger charge is -2.34. The van der Waals surface area contributed by atoms with Crippen LogP contribution in [0.25, 0.3) is 0 Å². The summed E-state index contributed by atoms with van der Waals surface area (Å²) in [7, 11) is -4.09. The largest absolute Gasteiger partial charge is 0.336 e. The van der Waals surface area contributed by atoms with Gasteiger partial charge in [0.2, 0.25) is 10.0 Å². The highest BCUT2D eigenvalue weighted by atomic mass is 32.2. The first-order chi connectivity index (χ1) is 13.1. The zero-order chi connectivity index (χ0) is 20.6. The molecule has 8 heteroatoms. The summed E-state index contributed by atoms with van der Waals surface area (Å²) < 4.78 is 53.5. The van der Waals surface area contributed by atoms with Crippen LogP contribution < -0.4 is 0 Å². The zero-order valence-corrected chi connectivity index (χ0v) is 16.8. The van der Waals surface area contributed by atoms with Crippen molar-refractivity contribution in [3.63, 3.8) is 0 Å². The van der Waals surface area contributed by atoms with E-state index in [-0.39, 0.29) is 32.1 Å². The number of halogens is 2. The Bertz CT molecular complexity index is 1010. The SMILES string of the molecule is Cc1cc(C)c(C(=O)N2CCN(S(=O)(=O)c3ccc(F)cc3F)CC2)c(C)c1. The third-order valence-corrected chi connectivity index (χ3v) is 6.86. The predicted octanol–water partition coefficient (Wildman–Crippen LogP) is 3.04. The van der Waals surface area contributed by atoms with Crippen LogP contribution in [0.4, 0.5) is 8.78 Å². The lowest BCUT2D eigenvalue weighted by atomic mass is 9.98. The molecule has 0 bridgehead atoms. The van der Waals surface area contributed by atoms with Crippen molar-refractivity contribution in [2.75, 3.05) is 26.2 Å². The van der Waals surface area contributed by atoms with E-state index < -0.39 is 26.6 Å². The molecule has 1 saturated heterocycles. The summed E-state index contributed by atoms with van der Waals surface area (Å²) in [5, 5.41) is 0. The van der Waals surface area contributed by atoms with Gasteiger partial charge in [0.05, 0.1) is 0 Å². The number of hydrogen-bond acceptors (Lipinski definition) is 3. The number of aryl methyl sites for hydroxylation is 3. The molecule has 3 rings (SSSR count). The van der Waals surface area contributed by atoms with Gasteiger partial charge in [0.15, 0.2) is 0 Å². The van der Waals surface area contributed by atoms with E-state index in [1.165, 1.54) is 0 Å². The maximum Gasteiger partial charge on any atom is 0.254 e. The fourth-order valence-electron chi connectivity index (χ4n) is 3.63. The van der Waals surface area contributed by atoms with Gasteiger partial charge in [-0.25, -0.2) is 17.2 Å². The number of piperazine rings is 1. The van der Waals surface area contributed by atoms with Crippen LogP contribution in [0.5, 0.6) is 0 Å². The monoisotopic (exact) mass is 408 g/mol. The predicted molar refractivity (Wildman–Crippen MR) is 102 cm³/mol. The topological polar surface area (TPSA) is 57.7 Å². The van der Waals surface area contributed by atoms with E-state index in [1.54, 1.807) is 4.90 Å². The van der Waals surface area contributed by atoms with E-state index in [4.69, 9.17) is 0 Å². The molecule has 0 atom stereocenters. The molecule has 1 fully saturated rings. The van der Waals surface area contributed by atoms with Gasteiger partial charge < -0.3 is 4.90 Å². The Hall–Kier alpha value is -2.32. The summed E-state index contributed by atoms with van der Waals surface area (Å²) in [6.45, 7) is 6.23. The highest BCUT2D eigenvalue weighted by Crippen LogP contribution is 2.23. The Morgan fingerprint density at radius 1 is 0.929 bits per heavy atom. The van der Waals surface area contributed by atoms with Gasteiger partial charge in [0, 0.05) is 37.8 Å². The normalized spacial score (nSPS) is 15.7. The van der Waals surface area contributed by atoms with Crippen LogP contribution in [-0.4, -0.2) is 49.7 Å². The number of carbonyl (C=O) groups excluding carboxylic acids is 1. The average molecular weight is 408 g/mol. The highest BCUT2D eigenvalue weighted by molar-refractivity contribution is 7.89. The molecule has 0 saturated carbocycles. The van der Waals surface area contributed by atoms with Gasteiger partial charge in [-0.15, -0.1) is 0 Å². The lowest BCUT2D eigenvalue weighted by Crippen LogP contribution is -2.50. The Balaban J connectivity index is 1.76. The molecule has 0 N–H and O–H groups in total. The minimum Gasteiger partial charge on any atom is -0.336 e. The smallest absolute Gasteiger partial charge is 0.254 e. The van der Waals surface area contributed by atoms with E-state index in [9.17, 15) is 22.0 Å². The molecular weight excluding hydrogens is 386 g/mol. The molecule has 2 aromatic rings. The van der Waals surface area contributed by atoms with Crippen molar-refractivity contribution < 1.29 is 22.0 Å². The van der Waals surface area contributed by atoms with E-state index in [2.05, 4.69) is 0 Å². The van der Waals surface area contributed by atoms with Crippen molar-refractivity contribution >= 4 is 15.9 Å². The summed E-state index contributed by atoms with van der Waals surface area (Å²) in [5.41, 5.74) is 3.46. The Labute approximate surface area is 163 Å². The summed E-state index contributed by atoms with van der Waals surface area (Å²) >= 11 is 0. The minimum absolute atomic E-state index is 0.0504. The molecule has 2 aromatic carbocycles. The molecular formula is C20H22F2N2O3S. The number of nitrogens with zero attached hydrogens (tertiary/aromatic N) is 2. The number of amides is 1. The number of carbonyl (C=O) groups is 1. The Kier molecular flexibility index (Phi) is 5.54. The molecule has 0 unspecified atom stereocenters. The third kappa shape index (κ3) is 3.79. The second-order valence-corrected chi connectivity index (χ2v) is 8.95. The van der Waals surface area contributed by atoms with Gasteiger partial charge in [-0.2, -0.15) is 4.31 Å². The van der Waals surface area contributed by atoms with Crippen LogP contribution in [0.3, 0.4) is 0 Å². The van der Waals surface area contributed by atoms with E-state index in [0.29, 0.717) is 11.6 Å². The summed E-state index contributed by atoms with van der Waals surface area (Å²) in [6.07, 6.45) is 0. The molecule has 0 aromatic heterocycles. The molecule has 1 heterocycles. The molecule has 1 aliphatic rings. The fraction of sp³-hybridized carbons (Fsp3) is 0.350. The van der Waals surface area contributed by atoms with E-state index in [0.717, 1.165) is 33.1 Å². The second kappa shape index (κ2) is 7.60. The maximum absolute atomic E-state index is 13.9. The van der Waals surface area contributed by atoms with Crippen LogP contribution in [0.15, 0.2) is 35.2 Å². The molecule has 5 nitrogen and oxygen atoms in total. The maximum atomic E-state index is 13.9. The van der Waals surface area contributed by atoms with Gasteiger partial charge in [-0.1, -0.05) is 17.7 Å². The van der Waals surface area contributed by atoms with Crippen LogP contribution >= 0.6 is 0 Å². The number of benzene rings is 2. The van der Waals surface area contributed by atoms with E-state index in [1.807, 2.05) is 32.9 Å². The molecule has 1 amide bonds. The van der Waals surface area contributed by atoms with Crippen LogP contribution in [0, 0.1) is 32.4 Å². The van der Waals surface area contributed by atoms with Crippen molar-refractivity contribution in [2.45, 2.75) is 25.7 Å². The first kappa shape index (κ1) is 20.4. The molecule has 0 radical (unpaired) electrons. The molecule has 0 aliphatic carbocycles. The minimum atomic E-state index is -4.09. The summed E-state index contributed by atoms with van der Waals surface area (Å²) in [6, 6.07) is 6.28. The first-order valence-electron chi connectivity index (χ1n) is 8.93. The van der Waals surface area contributed by atoms with Gasteiger partial charge in [0.25, 0.3) is 5.91 Å².